The second kappa shape index (κ2) is 3.67. The molecule has 0 radical (unpaired) electrons. The minimum atomic E-state index is 0.568. The first kappa shape index (κ1) is 8.47. The van der Waals surface area contributed by atoms with Crippen LogP contribution in [0.3, 0.4) is 0 Å². The van der Waals surface area contributed by atoms with E-state index in [-0.39, 0.29) is 0 Å². The molecule has 1 atom stereocenters. The predicted molar refractivity (Wildman–Crippen MR) is 48.2 cm³/mol. The van der Waals surface area contributed by atoms with Crippen molar-refractivity contribution in [2.24, 2.45) is 0 Å². The molecule has 0 aromatic carbocycles. The number of hydrogen-bond donors (Lipinski definition) is 1. The lowest BCUT2D eigenvalue weighted by molar-refractivity contribution is 0.301. The van der Waals surface area contributed by atoms with Crippen molar-refractivity contribution in [2.45, 2.75) is 26.3 Å². The Labute approximate surface area is 68.4 Å². The molecule has 11 heavy (non-hydrogen) atoms. The Morgan fingerprint density at radius 1 is 1.73 bits per heavy atom. The molecule has 1 fully saturated rings. The summed E-state index contributed by atoms with van der Waals surface area (Å²) in [4.78, 5) is 2.32. The topological polar surface area (TPSA) is 27.1 Å². The van der Waals surface area contributed by atoms with Crippen LogP contribution in [-0.2, 0) is 0 Å². The molecule has 62 valence electrons. The van der Waals surface area contributed by atoms with Crippen LogP contribution in [0, 0.1) is 5.41 Å². The van der Waals surface area contributed by atoms with Gasteiger partial charge in [0, 0.05) is 31.3 Å². The van der Waals surface area contributed by atoms with Crippen molar-refractivity contribution in [3.8, 4) is 0 Å². The summed E-state index contributed by atoms with van der Waals surface area (Å²) in [6.45, 7) is 6.09. The Hall–Kier alpha value is -0.630. The number of nitrogens with zero attached hydrogens (tertiary/aromatic N) is 1. The molecule has 1 aliphatic heterocycles. The fourth-order valence-corrected chi connectivity index (χ4v) is 1.44. The van der Waals surface area contributed by atoms with E-state index in [1.54, 1.807) is 0 Å². The molecule has 1 rings (SSSR count). The first-order valence-corrected chi connectivity index (χ1v) is 4.15. The van der Waals surface area contributed by atoms with Gasteiger partial charge in [-0.05, 0) is 13.8 Å². The molecular formula is C9H16N2. The van der Waals surface area contributed by atoms with Crippen molar-refractivity contribution in [1.29, 1.82) is 5.41 Å². The molecule has 1 heterocycles. The molecule has 0 bridgehead atoms. The number of nitrogens with one attached hydrogen (secondary N) is 1. The molecule has 0 aromatic rings. The van der Waals surface area contributed by atoms with E-state index >= 15 is 0 Å². The molecule has 0 aromatic heterocycles. The minimum absolute atomic E-state index is 0.568. The van der Waals surface area contributed by atoms with Gasteiger partial charge < -0.3 is 5.41 Å². The van der Waals surface area contributed by atoms with Crippen molar-refractivity contribution in [3.63, 3.8) is 0 Å². The fourth-order valence-electron chi connectivity index (χ4n) is 1.44. The van der Waals surface area contributed by atoms with Gasteiger partial charge in [-0.3, -0.25) is 4.90 Å². The van der Waals surface area contributed by atoms with Gasteiger partial charge in [-0.2, -0.15) is 0 Å². The summed E-state index contributed by atoms with van der Waals surface area (Å²) in [5.41, 5.74) is 0.877. The first-order chi connectivity index (χ1) is 5.24. The number of allylic oxidation sites excluding steroid dienone is 1. The average Bonchev–Trinajstić information content (AvgIpc) is 2.26. The van der Waals surface area contributed by atoms with Gasteiger partial charge in [-0.1, -0.05) is 12.2 Å². The number of likely N-dealkylation sites (tertiary alicyclic amines) is 1. The highest BCUT2D eigenvalue weighted by Gasteiger charge is 2.22. The van der Waals surface area contributed by atoms with E-state index in [9.17, 15) is 0 Å². The van der Waals surface area contributed by atoms with Crippen LogP contribution in [0.25, 0.3) is 0 Å². The zero-order valence-electron chi connectivity index (χ0n) is 7.30. The summed E-state index contributed by atoms with van der Waals surface area (Å²) < 4.78 is 0. The van der Waals surface area contributed by atoms with Crippen LogP contribution in [0.15, 0.2) is 12.2 Å². The van der Waals surface area contributed by atoms with E-state index in [0.29, 0.717) is 6.04 Å². The monoisotopic (exact) mass is 152 g/mol. The van der Waals surface area contributed by atoms with Gasteiger partial charge in [-0.25, -0.2) is 0 Å². The van der Waals surface area contributed by atoms with Crippen molar-refractivity contribution in [3.05, 3.63) is 12.2 Å². The molecule has 1 saturated heterocycles. The lowest BCUT2D eigenvalue weighted by Gasteiger charge is -2.17. The Morgan fingerprint density at radius 3 is 2.91 bits per heavy atom. The van der Waals surface area contributed by atoms with E-state index in [4.69, 9.17) is 5.41 Å². The summed E-state index contributed by atoms with van der Waals surface area (Å²) in [5.74, 6) is 0. The quantitative estimate of drug-likeness (QED) is 0.599. The van der Waals surface area contributed by atoms with E-state index in [1.807, 2.05) is 6.92 Å². The third-order valence-corrected chi connectivity index (χ3v) is 2.13. The SMILES string of the molecule is CC=CCN1CC(=N)CC1C. The lowest BCUT2D eigenvalue weighted by atomic mass is 10.2. The lowest BCUT2D eigenvalue weighted by Crippen LogP contribution is -2.27. The Kier molecular flexibility index (Phi) is 2.83. The average molecular weight is 152 g/mol. The highest BCUT2D eigenvalue weighted by Crippen LogP contribution is 2.12. The van der Waals surface area contributed by atoms with Crippen LogP contribution in [0.2, 0.25) is 0 Å². The zero-order chi connectivity index (χ0) is 8.27. The Balaban J connectivity index is 2.40. The maximum absolute atomic E-state index is 7.48. The van der Waals surface area contributed by atoms with E-state index in [0.717, 1.165) is 25.2 Å². The molecule has 0 aliphatic carbocycles. The minimum Gasteiger partial charge on any atom is -0.308 e. The van der Waals surface area contributed by atoms with E-state index in [1.165, 1.54) is 0 Å². The summed E-state index contributed by atoms with van der Waals surface area (Å²) >= 11 is 0. The highest BCUT2D eigenvalue weighted by molar-refractivity contribution is 5.85. The summed E-state index contributed by atoms with van der Waals surface area (Å²) in [6, 6.07) is 0.568. The van der Waals surface area contributed by atoms with Crippen molar-refractivity contribution >= 4 is 5.71 Å². The normalized spacial score (nSPS) is 27.1. The molecule has 0 amide bonds. The number of hydrogen-bond acceptors (Lipinski definition) is 2. The Morgan fingerprint density at radius 2 is 2.45 bits per heavy atom. The van der Waals surface area contributed by atoms with Crippen molar-refractivity contribution < 1.29 is 0 Å². The van der Waals surface area contributed by atoms with Crippen LogP contribution >= 0.6 is 0 Å². The fraction of sp³-hybridized carbons (Fsp3) is 0.667. The molecule has 0 saturated carbocycles. The summed E-state index contributed by atoms with van der Waals surface area (Å²) in [5, 5.41) is 7.48. The molecule has 1 aliphatic rings. The molecular weight excluding hydrogens is 136 g/mol. The van der Waals surface area contributed by atoms with Gasteiger partial charge in [0.05, 0.1) is 0 Å². The smallest absolute Gasteiger partial charge is 0.0367 e. The van der Waals surface area contributed by atoms with Crippen molar-refractivity contribution in [2.75, 3.05) is 13.1 Å². The molecule has 1 unspecified atom stereocenters. The van der Waals surface area contributed by atoms with E-state index in [2.05, 4.69) is 24.0 Å². The van der Waals surface area contributed by atoms with Crippen LogP contribution in [0.1, 0.15) is 20.3 Å². The van der Waals surface area contributed by atoms with Crippen LogP contribution in [0.5, 0.6) is 0 Å². The highest BCUT2D eigenvalue weighted by atomic mass is 15.2. The van der Waals surface area contributed by atoms with Gasteiger partial charge in [-0.15, -0.1) is 0 Å². The summed E-state index contributed by atoms with van der Waals surface area (Å²) in [6.07, 6.45) is 5.17. The van der Waals surface area contributed by atoms with Gasteiger partial charge >= 0.3 is 0 Å². The van der Waals surface area contributed by atoms with Crippen LogP contribution < -0.4 is 0 Å². The molecule has 1 N–H and O–H groups in total. The second-order valence-electron chi connectivity index (χ2n) is 3.16. The zero-order valence-corrected chi connectivity index (χ0v) is 7.30. The van der Waals surface area contributed by atoms with Gasteiger partial charge in [0.2, 0.25) is 0 Å². The third kappa shape index (κ3) is 2.15. The maximum Gasteiger partial charge on any atom is 0.0367 e. The van der Waals surface area contributed by atoms with Crippen LogP contribution in [-0.4, -0.2) is 29.7 Å². The Bertz CT molecular complexity index is 172. The van der Waals surface area contributed by atoms with Gasteiger partial charge in [0.25, 0.3) is 0 Å². The predicted octanol–water partition coefficient (Wildman–Crippen LogP) is 1.68. The molecule has 2 nitrogen and oxygen atoms in total. The van der Waals surface area contributed by atoms with Gasteiger partial charge in [0.15, 0.2) is 0 Å². The van der Waals surface area contributed by atoms with E-state index < -0.39 is 0 Å². The number of rotatable bonds is 2. The maximum atomic E-state index is 7.48. The molecule has 0 spiro atoms. The standard InChI is InChI=1S/C9H16N2/c1-3-4-5-11-7-9(10)6-8(11)2/h3-4,8,10H,5-7H2,1-2H3. The molecule has 2 heteroatoms. The largest absolute Gasteiger partial charge is 0.308 e. The second-order valence-corrected chi connectivity index (χ2v) is 3.16. The van der Waals surface area contributed by atoms with Gasteiger partial charge in [0.1, 0.15) is 0 Å². The first-order valence-electron chi connectivity index (χ1n) is 4.15. The summed E-state index contributed by atoms with van der Waals surface area (Å²) in [7, 11) is 0. The van der Waals surface area contributed by atoms with Crippen molar-refractivity contribution in [1.82, 2.24) is 4.90 Å². The third-order valence-electron chi connectivity index (χ3n) is 2.13. The van der Waals surface area contributed by atoms with Crippen LogP contribution in [0.4, 0.5) is 0 Å².